The lowest BCUT2D eigenvalue weighted by atomic mass is 9.97. The molecule has 1 aromatic heterocycles. The fourth-order valence-electron chi connectivity index (χ4n) is 3.41. The summed E-state index contributed by atoms with van der Waals surface area (Å²) in [6.45, 7) is 8.30. The minimum Gasteiger partial charge on any atom is -0.336 e. The molecule has 0 unspecified atom stereocenters. The number of piperidine rings is 1. The van der Waals surface area contributed by atoms with E-state index < -0.39 is 0 Å². The second kappa shape index (κ2) is 7.60. The van der Waals surface area contributed by atoms with E-state index in [4.69, 9.17) is 0 Å². The van der Waals surface area contributed by atoms with Crippen LogP contribution in [0.15, 0.2) is 29.4 Å². The molecule has 0 radical (unpaired) electrons. The zero-order valence-corrected chi connectivity index (χ0v) is 16.1. The zero-order valence-electron chi connectivity index (χ0n) is 15.3. The third kappa shape index (κ3) is 4.06. The van der Waals surface area contributed by atoms with Gasteiger partial charge in [0, 0.05) is 17.6 Å². The molecule has 134 valence electrons. The number of benzene rings is 1. The first-order chi connectivity index (χ1) is 12.0. The van der Waals surface area contributed by atoms with Crippen molar-refractivity contribution in [1.82, 2.24) is 20.1 Å². The van der Waals surface area contributed by atoms with Crippen molar-refractivity contribution >= 4 is 17.7 Å². The Morgan fingerprint density at radius 2 is 1.88 bits per heavy atom. The van der Waals surface area contributed by atoms with E-state index in [1.807, 2.05) is 19.1 Å². The highest BCUT2D eigenvalue weighted by Crippen LogP contribution is 2.28. The van der Waals surface area contributed by atoms with E-state index in [1.54, 1.807) is 0 Å². The number of aromatic nitrogens is 3. The molecule has 1 amide bonds. The Morgan fingerprint density at radius 1 is 1.24 bits per heavy atom. The Morgan fingerprint density at radius 3 is 2.52 bits per heavy atom. The number of aryl methyl sites for hydroxylation is 1. The van der Waals surface area contributed by atoms with Gasteiger partial charge < -0.3 is 4.90 Å². The average molecular weight is 359 g/mol. The second-order valence-corrected chi connectivity index (χ2v) is 8.28. The lowest BCUT2D eigenvalue weighted by Gasteiger charge is -2.40. The van der Waals surface area contributed by atoms with Crippen molar-refractivity contribution < 1.29 is 4.79 Å². The normalized spacial score (nSPS) is 22.0. The van der Waals surface area contributed by atoms with Crippen molar-refractivity contribution in [3.63, 3.8) is 0 Å². The number of likely N-dealkylation sites (tertiary alicyclic amines) is 1. The van der Waals surface area contributed by atoms with Crippen LogP contribution in [0.2, 0.25) is 0 Å². The number of amides is 1. The molecule has 0 bridgehead atoms. The molecule has 1 aliphatic heterocycles. The minimum absolute atomic E-state index is 0.186. The van der Waals surface area contributed by atoms with Crippen molar-refractivity contribution in [2.75, 3.05) is 0 Å². The molecule has 1 aromatic carbocycles. The van der Waals surface area contributed by atoms with Crippen molar-refractivity contribution in [1.29, 1.82) is 0 Å². The number of thioether (sulfide) groups is 1. The van der Waals surface area contributed by atoms with E-state index in [0.717, 1.165) is 24.2 Å². The Bertz CT molecular complexity index is 717. The smallest absolute Gasteiger partial charge is 0.236 e. The zero-order chi connectivity index (χ0) is 18.0. The predicted octanol–water partition coefficient (Wildman–Crippen LogP) is 4.05. The van der Waals surface area contributed by atoms with Gasteiger partial charge in [-0.3, -0.25) is 9.89 Å². The van der Waals surface area contributed by atoms with E-state index in [0.29, 0.717) is 17.2 Å². The van der Waals surface area contributed by atoms with Gasteiger partial charge >= 0.3 is 0 Å². The first-order valence-electron chi connectivity index (χ1n) is 8.94. The molecule has 1 N–H and O–H groups in total. The first kappa shape index (κ1) is 18.0. The van der Waals surface area contributed by atoms with Crippen LogP contribution in [0.25, 0.3) is 11.4 Å². The maximum atomic E-state index is 12.9. The third-order valence-electron chi connectivity index (χ3n) is 4.87. The van der Waals surface area contributed by atoms with Crippen LogP contribution in [0.4, 0.5) is 0 Å². The lowest BCUT2D eigenvalue weighted by Crippen LogP contribution is -2.50. The van der Waals surface area contributed by atoms with Crippen LogP contribution in [0.5, 0.6) is 0 Å². The molecule has 1 saturated heterocycles. The van der Waals surface area contributed by atoms with Crippen molar-refractivity contribution in [2.24, 2.45) is 0 Å². The van der Waals surface area contributed by atoms with E-state index in [2.05, 4.69) is 53.0 Å². The highest BCUT2D eigenvalue weighted by atomic mass is 32.2. The van der Waals surface area contributed by atoms with Crippen LogP contribution in [0.3, 0.4) is 0 Å². The van der Waals surface area contributed by atoms with E-state index in [1.165, 1.54) is 23.7 Å². The molecule has 1 fully saturated rings. The summed E-state index contributed by atoms with van der Waals surface area (Å²) in [6, 6.07) is 8.78. The Hall–Kier alpha value is -1.82. The van der Waals surface area contributed by atoms with Gasteiger partial charge in [0.25, 0.3) is 0 Å². The maximum absolute atomic E-state index is 12.9. The monoisotopic (exact) mass is 358 g/mol. The molecule has 0 spiro atoms. The molecule has 3 atom stereocenters. The quantitative estimate of drug-likeness (QED) is 0.838. The SMILES string of the molecule is Cc1ccc(-c2nc(S[C@H](C)C(=O)N3[C@H](C)CCC[C@H]3C)n[nH]2)cc1. The lowest BCUT2D eigenvalue weighted by molar-refractivity contribution is -0.136. The molecule has 0 aliphatic carbocycles. The number of carbonyl (C=O) groups excluding carboxylic acids is 1. The Kier molecular flexibility index (Phi) is 5.47. The summed E-state index contributed by atoms with van der Waals surface area (Å²) in [5.41, 5.74) is 2.21. The van der Waals surface area contributed by atoms with E-state index in [-0.39, 0.29) is 11.2 Å². The molecule has 2 aromatic rings. The van der Waals surface area contributed by atoms with Gasteiger partial charge in [0.15, 0.2) is 5.82 Å². The van der Waals surface area contributed by atoms with Crippen LogP contribution in [-0.4, -0.2) is 43.3 Å². The van der Waals surface area contributed by atoms with Gasteiger partial charge in [-0.25, -0.2) is 4.98 Å². The largest absolute Gasteiger partial charge is 0.336 e. The molecule has 1 aliphatic rings. The van der Waals surface area contributed by atoms with Crippen molar-refractivity contribution in [2.45, 2.75) is 69.4 Å². The van der Waals surface area contributed by atoms with Gasteiger partial charge in [-0.1, -0.05) is 41.6 Å². The summed E-state index contributed by atoms with van der Waals surface area (Å²) in [6.07, 6.45) is 3.38. The highest BCUT2D eigenvalue weighted by molar-refractivity contribution is 8.00. The summed E-state index contributed by atoms with van der Waals surface area (Å²) in [4.78, 5) is 19.5. The number of hydrogen-bond acceptors (Lipinski definition) is 4. The van der Waals surface area contributed by atoms with E-state index in [9.17, 15) is 4.79 Å². The number of rotatable bonds is 4. The van der Waals surface area contributed by atoms with Gasteiger partial charge in [-0.15, -0.1) is 5.10 Å². The molecular formula is C19H26N4OS. The summed E-state index contributed by atoms with van der Waals surface area (Å²) in [7, 11) is 0. The second-order valence-electron chi connectivity index (χ2n) is 6.97. The minimum atomic E-state index is -0.190. The van der Waals surface area contributed by atoms with Crippen LogP contribution in [-0.2, 0) is 4.79 Å². The summed E-state index contributed by atoms with van der Waals surface area (Å²) >= 11 is 1.42. The van der Waals surface area contributed by atoms with Gasteiger partial charge in [-0.2, -0.15) is 0 Å². The van der Waals surface area contributed by atoms with Gasteiger partial charge in [0.05, 0.1) is 5.25 Å². The predicted molar refractivity (Wildman–Crippen MR) is 101 cm³/mol. The molecule has 5 nitrogen and oxygen atoms in total. The van der Waals surface area contributed by atoms with E-state index >= 15 is 0 Å². The number of nitrogens with one attached hydrogen (secondary N) is 1. The van der Waals surface area contributed by atoms with Crippen molar-refractivity contribution in [3.8, 4) is 11.4 Å². The summed E-state index contributed by atoms with van der Waals surface area (Å²) < 4.78 is 0. The van der Waals surface area contributed by atoms with Gasteiger partial charge in [0.2, 0.25) is 11.1 Å². The van der Waals surface area contributed by atoms with Gasteiger partial charge in [0.1, 0.15) is 0 Å². The third-order valence-corrected chi connectivity index (χ3v) is 5.82. The molecule has 25 heavy (non-hydrogen) atoms. The van der Waals surface area contributed by atoms with Crippen LogP contribution >= 0.6 is 11.8 Å². The maximum Gasteiger partial charge on any atom is 0.236 e. The van der Waals surface area contributed by atoms with Crippen LogP contribution in [0, 0.1) is 6.92 Å². The topological polar surface area (TPSA) is 61.9 Å². The number of carbonyl (C=O) groups is 1. The standard InChI is InChI=1S/C19H26N4OS/c1-12-8-10-16(11-9-12)17-20-19(22-21-17)25-15(4)18(24)23-13(2)6-5-7-14(23)3/h8-11,13-15H,5-7H2,1-4H3,(H,20,21,22)/t13-,14-,15-/m1/s1. The summed E-state index contributed by atoms with van der Waals surface area (Å²) in [5.74, 6) is 0.924. The fourth-order valence-corrected chi connectivity index (χ4v) is 4.19. The molecule has 3 rings (SSSR count). The van der Waals surface area contributed by atoms with Crippen LogP contribution < -0.4 is 0 Å². The number of nitrogens with zero attached hydrogens (tertiary/aromatic N) is 3. The highest BCUT2D eigenvalue weighted by Gasteiger charge is 2.32. The fraction of sp³-hybridized carbons (Fsp3) is 0.526. The van der Waals surface area contributed by atoms with Crippen LogP contribution in [0.1, 0.15) is 45.6 Å². The van der Waals surface area contributed by atoms with Crippen molar-refractivity contribution in [3.05, 3.63) is 29.8 Å². The Balaban J connectivity index is 1.67. The molecule has 2 heterocycles. The summed E-state index contributed by atoms with van der Waals surface area (Å²) in [5, 5.41) is 7.68. The molecular weight excluding hydrogens is 332 g/mol. The van der Waals surface area contributed by atoms with Gasteiger partial charge in [-0.05, 0) is 47.0 Å². The molecule has 6 heteroatoms. The Labute approximate surface area is 153 Å². The number of aromatic amines is 1. The molecule has 0 saturated carbocycles. The first-order valence-corrected chi connectivity index (χ1v) is 9.82. The number of H-pyrrole nitrogens is 1. The average Bonchev–Trinajstić information content (AvgIpc) is 3.03. The number of hydrogen-bond donors (Lipinski definition) is 1.